The average molecular weight is 323 g/mol. The molecular weight excluding hydrogens is 308 g/mol. The maximum Gasteiger partial charge on any atom is 0.333 e. The van der Waals surface area contributed by atoms with Crippen molar-refractivity contribution in [2.24, 2.45) is 0 Å². The van der Waals surface area contributed by atoms with Crippen molar-refractivity contribution in [3.8, 4) is 5.75 Å². The van der Waals surface area contributed by atoms with E-state index < -0.39 is 17.8 Å². The van der Waals surface area contributed by atoms with Gasteiger partial charge in [-0.2, -0.15) is 0 Å². The second-order valence-corrected chi connectivity index (χ2v) is 5.10. The molecule has 0 aliphatic carbocycles. The number of rotatable bonds is 3. The minimum Gasteiger partial charge on any atom is -0.492 e. The first-order chi connectivity index (χ1) is 10.4. The summed E-state index contributed by atoms with van der Waals surface area (Å²) in [6, 6.07) is 4.28. The third-order valence-corrected chi connectivity index (χ3v) is 3.51. The molecular formula is C15H15ClN2O4. The van der Waals surface area contributed by atoms with Gasteiger partial charge in [-0.1, -0.05) is 17.7 Å². The van der Waals surface area contributed by atoms with Crippen LogP contribution >= 0.6 is 11.6 Å². The molecule has 7 heteroatoms. The van der Waals surface area contributed by atoms with Crippen LogP contribution in [0.5, 0.6) is 5.75 Å². The lowest BCUT2D eigenvalue weighted by atomic mass is 10.1. The summed E-state index contributed by atoms with van der Waals surface area (Å²) in [4.78, 5) is 37.6. The number of hydrogen-bond donors (Lipinski definition) is 0. The molecule has 6 nitrogen and oxygen atoms in total. The van der Waals surface area contributed by atoms with Gasteiger partial charge in [0.2, 0.25) is 0 Å². The van der Waals surface area contributed by atoms with Crippen LogP contribution in [0.4, 0.5) is 4.79 Å². The SMILES string of the molecule is CCOc1ccc(C=C2C(=O)N(C)C(=O)N(C)C2=O)cc1Cl. The second kappa shape index (κ2) is 6.19. The van der Waals surface area contributed by atoms with E-state index in [1.54, 1.807) is 18.2 Å². The smallest absolute Gasteiger partial charge is 0.333 e. The van der Waals surface area contributed by atoms with Crippen LogP contribution in [-0.2, 0) is 9.59 Å². The molecule has 0 saturated carbocycles. The summed E-state index contributed by atoms with van der Waals surface area (Å²) in [7, 11) is 2.65. The van der Waals surface area contributed by atoms with Gasteiger partial charge >= 0.3 is 6.03 Å². The number of ether oxygens (including phenoxy) is 1. The maximum atomic E-state index is 12.1. The van der Waals surface area contributed by atoms with Crippen LogP contribution in [0.15, 0.2) is 23.8 Å². The van der Waals surface area contributed by atoms with E-state index in [9.17, 15) is 14.4 Å². The van der Waals surface area contributed by atoms with E-state index in [1.807, 2.05) is 6.92 Å². The van der Waals surface area contributed by atoms with E-state index in [0.717, 1.165) is 9.80 Å². The van der Waals surface area contributed by atoms with Crippen LogP contribution in [-0.4, -0.2) is 48.3 Å². The summed E-state index contributed by atoms with van der Waals surface area (Å²) in [5.74, 6) is -0.756. The van der Waals surface area contributed by atoms with Crippen molar-refractivity contribution in [3.63, 3.8) is 0 Å². The van der Waals surface area contributed by atoms with E-state index in [4.69, 9.17) is 16.3 Å². The van der Waals surface area contributed by atoms with Gasteiger partial charge in [0.1, 0.15) is 11.3 Å². The Balaban J connectivity index is 2.39. The first kappa shape index (κ1) is 16.0. The van der Waals surface area contributed by atoms with Gasteiger partial charge in [-0.05, 0) is 30.7 Å². The molecule has 4 amide bonds. The molecule has 1 aromatic rings. The predicted molar refractivity (Wildman–Crippen MR) is 81.5 cm³/mol. The summed E-state index contributed by atoms with van der Waals surface area (Å²) < 4.78 is 5.32. The van der Waals surface area contributed by atoms with Gasteiger partial charge in [0.05, 0.1) is 11.6 Å². The van der Waals surface area contributed by atoms with Crippen LogP contribution in [0.1, 0.15) is 12.5 Å². The van der Waals surface area contributed by atoms with Gasteiger partial charge in [0.25, 0.3) is 11.8 Å². The predicted octanol–water partition coefficient (Wildman–Crippen LogP) is 2.17. The molecule has 1 aromatic carbocycles. The highest BCUT2D eigenvalue weighted by Gasteiger charge is 2.37. The molecule has 0 atom stereocenters. The number of carbonyl (C=O) groups excluding carboxylic acids is 3. The zero-order chi connectivity index (χ0) is 16.4. The Bertz CT molecular complexity index is 658. The number of carbonyl (C=O) groups is 3. The van der Waals surface area contributed by atoms with Crippen LogP contribution < -0.4 is 4.74 Å². The number of hydrogen-bond acceptors (Lipinski definition) is 4. The molecule has 1 aliphatic heterocycles. The lowest BCUT2D eigenvalue weighted by molar-refractivity contribution is -0.134. The zero-order valence-corrected chi connectivity index (χ0v) is 13.2. The molecule has 0 unspecified atom stereocenters. The number of urea groups is 1. The zero-order valence-electron chi connectivity index (χ0n) is 12.4. The highest BCUT2D eigenvalue weighted by Crippen LogP contribution is 2.27. The van der Waals surface area contributed by atoms with Gasteiger partial charge in [-0.25, -0.2) is 4.79 Å². The summed E-state index contributed by atoms with van der Waals surface area (Å²) in [6.07, 6.45) is 1.41. The van der Waals surface area contributed by atoms with Crippen LogP contribution in [0.2, 0.25) is 5.02 Å². The molecule has 0 radical (unpaired) electrons. The van der Waals surface area contributed by atoms with Crippen LogP contribution in [0, 0.1) is 0 Å². The lowest BCUT2D eigenvalue weighted by Gasteiger charge is -2.28. The molecule has 0 N–H and O–H groups in total. The summed E-state index contributed by atoms with van der Waals surface area (Å²) in [6.45, 7) is 2.32. The minimum atomic E-state index is -0.656. The van der Waals surface area contributed by atoms with Crippen LogP contribution in [0.3, 0.4) is 0 Å². The Morgan fingerprint density at radius 3 is 2.23 bits per heavy atom. The van der Waals surface area contributed by atoms with Crippen molar-refractivity contribution >= 4 is 35.5 Å². The fraction of sp³-hybridized carbons (Fsp3) is 0.267. The second-order valence-electron chi connectivity index (χ2n) is 4.69. The monoisotopic (exact) mass is 322 g/mol. The average Bonchev–Trinajstić information content (AvgIpc) is 2.50. The number of benzene rings is 1. The standard InChI is InChI=1S/C15H15ClN2O4/c1-4-22-12-6-5-9(8-11(12)16)7-10-13(19)17(2)15(21)18(3)14(10)20/h5-8H,4H2,1-3H3. The largest absolute Gasteiger partial charge is 0.492 e. The fourth-order valence-corrected chi connectivity index (χ4v) is 2.26. The van der Waals surface area contributed by atoms with Crippen molar-refractivity contribution in [3.05, 3.63) is 34.4 Å². The Labute approximate surface area is 132 Å². The first-order valence-electron chi connectivity index (χ1n) is 6.61. The number of likely N-dealkylation sites (N-methyl/N-ethyl adjacent to an activating group) is 2. The van der Waals surface area contributed by atoms with Gasteiger partial charge in [0.15, 0.2) is 0 Å². The Morgan fingerprint density at radius 2 is 1.73 bits per heavy atom. The molecule has 2 rings (SSSR count). The van der Waals surface area contributed by atoms with Gasteiger partial charge in [-0.3, -0.25) is 19.4 Å². The van der Waals surface area contributed by atoms with E-state index in [1.165, 1.54) is 20.2 Å². The highest BCUT2D eigenvalue weighted by molar-refractivity contribution is 6.32. The molecule has 0 aromatic heterocycles. The van der Waals surface area contributed by atoms with Gasteiger partial charge < -0.3 is 4.74 Å². The van der Waals surface area contributed by atoms with Crippen molar-refractivity contribution < 1.29 is 19.1 Å². The molecule has 1 fully saturated rings. The van der Waals surface area contributed by atoms with Gasteiger partial charge in [-0.15, -0.1) is 0 Å². The number of amides is 4. The van der Waals surface area contributed by atoms with E-state index >= 15 is 0 Å². The fourth-order valence-electron chi connectivity index (χ4n) is 2.02. The van der Waals surface area contributed by atoms with Crippen LogP contribution in [0.25, 0.3) is 6.08 Å². The van der Waals surface area contributed by atoms with Crippen molar-refractivity contribution in [1.82, 2.24) is 9.80 Å². The normalized spacial score (nSPS) is 15.5. The summed E-state index contributed by atoms with van der Waals surface area (Å²) in [5, 5.41) is 0.379. The number of halogens is 1. The number of barbiturate groups is 1. The molecule has 0 bridgehead atoms. The maximum absolute atomic E-state index is 12.1. The molecule has 22 heavy (non-hydrogen) atoms. The molecule has 1 saturated heterocycles. The molecule has 116 valence electrons. The van der Waals surface area contributed by atoms with Crippen molar-refractivity contribution in [2.45, 2.75) is 6.92 Å². The third-order valence-electron chi connectivity index (χ3n) is 3.21. The van der Waals surface area contributed by atoms with Gasteiger partial charge in [0, 0.05) is 14.1 Å². The Morgan fingerprint density at radius 1 is 1.14 bits per heavy atom. The Kier molecular flexibility index (Phi) is 4.51. The Hall–Kier alpha value is -2.34. The topological polar surface area (TPSA) is 66.9 Å². The molecule has 0 spiro atoms. The lowest BCUT2D eigenvalue weighted by Crippen LogP contribution is -2.52. The van der Waals surface area contributed by atoms with Crippen molar-refractivity contribution in [2.75, 3.05) is 20.7 Å². The molecule has 1 aliphatic rings. The van der Waals surface area contributed by atoms with E-state index in [2.05, 4.69) is 0 Å². The van der Waals surface area contributed by atoms with E-state index in [-0.39, 0.29) is 5.57 Å². The quantitative estimate of drug-likeness (QED) is 0.632. The first-order valence-corrected chi connectivity index (χ1v) is 6.98. The number of imide groups is 2. The van der Waals surface area contributed by atoms with Crippen molar-refractivity contribution in [1.29, 1.82) is 0 Å². The summed E-state index contributed by atoms with van der Waals surface area (Å²) >= 11 is 6.08. The minimum absolute atomic E-state index is 0.0928. The highest BCUT2D eigenvalue weighted by atomic mass is 35.5. The third kappa shape index (κ3) is 2.82. The number of nitrogens with zero attached hydrogens (tertiary/aromatic N) is 2. The molecule has 1 heterocycles. The van der Waals surface area contributed by atoms with E-state index in [0.29, 0.717) is 22.9 Å². The summed E-state index contributed by atoms with van der Waals surface area (Å²) in [5.41, 5.74) is 0.478.